The standard InChI is InChI=1S/C25H19ClFN3O3/c26-20-7-18-22(8-21(20)27)28-9-23(18)29-25(31)30-10-15-5-4-14(6-16(15)11-30)17-2-1-3-24-19(17)12-32-13-33-24/h1-9,28H,10-13H2,(H,29,31). The van der Waals surface area contributed by atoms with E-state index in [0.717, 1.165) is 33.6 Å². The van der Waals surface area contributed by atoms with Crippen LogP contribution in [0.5, 0.6) is 5.75 Å². The van der Waals surface area contributed by atoms with Gasteiger partial charge in [-0.15, -0.1) is 0 Å². The van der Waals surface area contributed by atoms with E-state index in [0.29, 0.717) is 36.3 Å². The fourth-order valence-corrected chi connectivity index (χ4v) is 4.65. The molecule has 166 valence electrons. The van der Waals surface area contributed by atoms with Crippen LogP contribution in [-0.2, 0) is 24.4 Å². The number of nitrogens with zero attached hydrogens (tertiary/aromatic N) is 1. The molecular weight excluding hydrogens is 445 g/mol. The average Bonchev–Trinajstić information content (AvgIpc) is 3.43. The number of ether oxygens (including phenoxy) is 2. The second-order valence-electron chi connectivity index (χ2n) is 8.18. The first-order chi connectivity index (χ1) is 16.1. The maximum absolute atomic E-state index is 13.7. The van der Waals surface area contributed by atoms with Gasteiger partial charge in [-0.3, -0.25) is 0 Å². The molecule has 0 saturated heterocycles. The van der Waals surface area contributed by atoms with Crippen LogP contribution in [-0.4, -0.2) is 22.7 Å². The Morgan fingerprint density at radius 2 is 2.00 bits per heavy atom. The zero-order valence-corrected chi connectivity index (χ0v) is 18.2. The van der Waals surface area contributed by atoms with Crippen LogP contribution in [0.2, 0.25) is 5.02 Å². The number of hydrogen-bond acceptors (Lipinski definition) is 3. The predicted molar refractivity (Wildman–Crippen MR) is 124 cm³/mol. The molecule has 1 aromatic heterocycles. The molecule has 0 atom stereocenters. The second-order valence-corrected chi connectivity index (χ2v) is 8.58. The molecule has 2 aliphatic rings. The van der Waals surface area contributed by atoms with Crippen molar-refractivity contribution in [2.24, 2.45) is 0 Å². The number of benzene rings is 3. The van der Waals surface area contributed by atoms with Gasteiger partial charge in [0.1, 0.15) is 11.6 Å². The number of halogens is 2. The summed E-state index contributed by atoms with van der Waals surface area (Å²) in [5.74, 6) is 0.339. The van der Waals surface area contributed by atoms with Gasteiger partial charge in [0.25, 0.3) is 0 Å². The van der Waals surface area contributed by atoms with Crippen LogP contribution in [0.3, 0.4) is 0 Å². The van der Waals surface area contributed by atoms with Gasteiger partial charge in [0, 0.05) is 30.2 Å². The second kappa shape index (κ2) is 7.79. The van der Waals surface area contributed by atoms with E-state index < -0.39 is 5.82 Å². The zero-order valence-electron chi connectivity index (χ0n) is 17.5. The minimum absolute atomic E-state index is 0.0117. The number of aromatic nitrogens is 1. The van der Waals surface area contributed by atoms with Crippen LogP contribution in [0.25, 0.3) is 22.0 Å². The van der Waals surface area contributed by atoms with Gasteiger partial charge in [-0.2, -0.15) is 0 Å². The van der Waals surface area contributed by atoms with Gasteiger partial charge < -0.3 is 24.7 Å². The number of H-pyrrole nitrogens is 1. The number of amides is 2. The summed E-state index contributed by atoms with van der Waals surface area (Å²) in [5.41, 5.74) is 6.50. The molecule has 4 aromatic rings. The molecule has 0 spiro atoms. The number of rotatable bonds is 2. The van der Waals surface area contributed by atoms with Crippen molar-refractivity contribution in [3.05, 3.63) is 82.3 Å². The molecule has 0 saturated carbocycles. The van der Waals surface area contributed by atoms with Crippen molar-refractivity contribution in [3.63, 3.8) is 0 Å². The SMILES string of the molecule is O=C(Nc1c[nH]c2cc(F)c(Cl)cc12)N1Cc2ccc(-c3cccc4c3COCO4)cc2C1. The molecule has 0 bridgehead atoms. The smallest absolute Gasteiger partial charge is 0.322 e. The predicted octanol–water partition coefficient (Wildman–Crippen LogP) is 6.04. The normalized spacial score (nSPS) is 14.7. The molecule has 2 amide bonds. The van der Waals surface area contributed by atoms with E-state index in [2.05, 4.69) is 34.6 Å². The summed E-state index contributed by atoms with van der Waals surface area (Å²) in [4.78, 5) is 17.7. The summed E-state index contributed by atoms with van der Waals surface area (Å²) in [5, 5.41) is 3.59. The largest absolute Gasteiger partial charge is 0.467 e. The molecule has 0 fully saturated rings. The summed E-state index contributed by atoms with van der Waals surface area (Å²) < 4.78 is 24.8. The maximum atomic E-state index is 13.7. The van der Waals surface area contributed by atoms with Crippen molar-refractivity contribution < 1.29 is 18.7 Å². The van der Waals surface area contributed by atoms with Gasteiger partial charge in [0.15, 0.2) is 6.79 Å². The lowest BCUT2D eigenvalue weighted by molar-refractivity contribution is -0.0160. The van der Waals surface area contributed by atoms with E-state index in [1.807, 2.05) is 12.1 Å². The van der Waals surface area contributed by atoms with E-state index >= 15 is 0 Å². The van der Waals surface area contributed by atoms with E-state index in [4.69, 9.17) is 21.1 Å². The van der Waals surface area contributed by atoms with Gasteiger partial charge in [-0.1, -0.05) is 35.9 Å². The highest BCUT2D eigenvalue weighted by molar-refractivity contribution is 6.31. The molecule has 6 rings (SSSR count). The van der Waals surface area contributed by atoms with Crippen LogP contribution >= 0.6 is 11.6 Å². The Morgan fingerprint density at radius 3 is 2.91 bits per heavy atom. The molecule has 3 heterocycles. The van der Waals surface area contributed by atoms with Crippen LogP contribution in [0, 0.1) is 5.82 Å². The van der Waals surface area contributed by atoms with Gasteiger partial charge in [-0.05, 0) is 46.5 Å². The number of carbonyl (C=O) groups excluding carboxylic acids is 1. The lowest BCUT2D eigenvalue weighted by Crippen LogP contribution is -2.30. The molecule has 6 nitrogen and oxygen atoms in total. The Kier molecular flexibility index (Phi) is 4.74. The van der Waals surface area contributed by atoms with E-state index in [-0.39, 0.29) is 17.8 Å². The highest BCUT2D eigenvalue weighted by Crippen LogP contribution is 2.36. The van der Waals surface area contributed by atoms with E-state index in [9.17, 15) is 9.18 Å². The summed E-state index contributed by atoms with van der Waals surface area (Å²) in [7, 11) is 0. The molecular formula is C25H19ClFN3O3. The van der Waals surface area contributed by atoms with Crippen molar-refractivity contribution in [3.8, 4) is 16.9 Å². The first-order valence-electron chi connectivity index (χ1n) is 10.5. The Morgan fingerprint density at radius 1 is 1.12 bits per heavy atom. The van der Waals surface area contributed by atoms with Gasteiger partial charge in [0.2, 0.25) is 0 Å². The number of hydrogen-bond donors (Lipinski definition) is 2. The highest BCUT2D eigenvalue weighted by Gasteiger charge is 2.25. The molecule has 33 heavy (non-hydrogen) atoms. The molecule has 3 aromatic carbocycles. The van der Waals surface area contributed by atoms with Crippen LogP contribution in [0.4, 0.5) is 14.9 Å². The average molecular weight is 464 g/mol. The molecule has 0 radical (unpaired) electrons. The first kappa shape index (κ1) is 20.1. The number of nitrogens with one attached hydrogen (secondary N) is 2. The molecule has 2 N–H and O–H groups in total. The summed E-state index contributed by atoms with van der Waals surface area (Å²) in [6.45, 7) is 1.78. The molecule has 0 unspecified atom stereocenters. The number of urea groups is 1. The highest BCUT2D eigenvalue weighted by atomic mass is 35.5. The number of fused-ring (bicyclic) bond motifs is 3. The van der Waals surface area contributed by atoms with Crippen molar-refractivity contribution in [2.45, 2.75) is 19.7 Å². The van der Waals surface area contributed by atoms with Gasteiger partial charge >= 0.3 is 6.03 Å². The topological polar surface area (TPSA) is 66.6 Å². The Labute approximate surface area is 193 Å². The van der Waals surface area contributed by atoms with E-state index in [1.54, 1.807) is 11.1 Å². The summed E-state index contributed by atoms with van der Waals surface area (Å²) in [6.07, 6.45) is 1.64. The fraction of sp³-hybridized carbons (Fsp3) is 0.160. The Balaban J connectivity index is 1.23. The van der Waals surface area contributed by atoms with E-state index in [1.165, 1.54) is 12.1 Å². The lowest BCUT2D eigenvalue weighted by atomic mass is 9.96. The third-order valence-corrected chi connectivity index (χ3v) is 6.46. The summed E-state index contributed by atoms with van der Waals surface area (Å²) in [6, 6.07) is 14.9. The fourth-order valence-electron chi connectivity index (χ4n) is 4.49. The minimum Gasteiger partial charge on any atom is -0.467 e. The Hall–Kier alpha value is -3.55. The number of carbonyl (C=O) groups is 1. The monoisotopic (exact) mass is 463 g/mol. The lowest BCUT2D eigenvalue weighted by Gasteiger charge is -2.20. The van der Waals surface area contributed by atoms with Gasteiger partial charge in [0.05, 0.1) is 22.8 Å². The third-order valence-electron chi connectivity index (χ3n) is 6.17. The molecule has 0 aliphatic carbocycles. The van der Waals surface area contributed by atoms with Gasteiger partial charge in [-0.25, -0.2) is 9.18 Å². The number of anilines is 1. The molecule has 8 heteroatoms. The first-order valence-corrected chi connectivity index (χ1v) is 10.9. The quantitative estimate of drug-likeness (QED) is 0.381. The third kappa shape index (κ3) is 3.50. The number of aromatic amines is 1. The zero-order chi connectivity index (χ0) is 22.5. The van der Waals surface area contributed by atoms with Crippen LogP contribution in [0.15, 0.2) is 54.7 Å². The van der Waals surface area contributed by atoms with Crippen LogP contribution < -0.4 is 10.1 Å². The molecule has 2 aliphatic heterocycles. The summed E-state index contributed by atoms with van der Waals surface area (Å²) >= 11 is 5.92. The minimum atomic E-state index is -0.507. The van der Waals surface area contributed by atoms with Crippen molar-refractivity contribution in [1.29, 1.82) is 0 Å². The van der Waals surface area contributed by atoms with Crippen LogP contribution in [0.1, 0.15) is 16.7 Å². The van der Waals surface area contributed by atoms with Crippen molar-refractivity contribution >= 4 is 34.2 Å². The van der Waals surface area contributed by atoms with Crippen molar-refractivity contribution in [1.82, 2.24) is 9.88 Å². The maximum Gasteiger partial charge on any atom is 0.322 e. The Bertz CT molecular complexity index is 1420. The van der Waals surface area contributed by atoms with Crippen molar-refractivity contribution in [2.75, 3.05) is 12.1 Å².